The number of esters is 2. The van der Waals surface area contributed by atoms with Crippen LogP contribution in [0.4, 0.5) is 5.88 Å². The van der Waals surface area contributed by atoms with Gasteiger partial charge in [-0.2, -0.15) is 0 Å². The summed E-state index contributed by atoms with van der Waals surface area (Å²) < 4.78 is 48.3. The highest BCUT2D eigenvalue weighted by Gasteiger charge is 2.32. The van der Waals surface area contributed by atoms with Crippen molar-refractivity contribution in [2.45, 2.75) is 32.6 Å². The number of sulfonamides is 1. The molecule has 0 bridgehead atoms. The van der Waals surface area contributed by atoms with E-state index in [1.54, 1.807) is 13.8 Å². The number of ether oxygens (including phenoxy) is 3. The van der Waals surface area contributed by atoms with Crippen molar-refractivity contribution in [1.82, 2.24) is 0 Å². The first-order valence-corrected chi connectivity index (χ1v) is 10.5. The lowest BCUT2D eigenvalue weighted by atomic mass is 10.1. The molecule has 0 aliphatic carbocycles. The molecular weight excluding hydrogens is 402 g/mol. The molecule has 0 aliphatic rings. The quantitative estimate of drug-likeness (QED) is 0.608. The van der Waals surface area contributed by atoms with Gasteiger partial charge in [0.05, 0.1) is 24.7 Å². The second-order valence-corrected chi connectivity index (χ2v) is 7.37. The van der Waals surface area contributed by atoms with Crippen LogP contribution in [0.3, 0.4) is 0 Å². The first-order valence-electron chi connectivity index (χ1n) is 8.98. The number of hydrogen-bond acceptors (Lipinski definition) is 8. The molecule has 9 nitrogen and oxygen atoms in total. The van der Waals surface area contributed by atoms with Crippen molar-refractivity contribution in [2.24, 2.45) is 0 Å². The zero-order valence-electron chi connectivity index (χ0n) is 16.6. The van der Waals surface area contributed by atoms with Crippen molar-refractivity contribution < 1.29 is 36.6 Å². The first-order chi connectivity index (χ1) is 13.7. The topological polar surface area (TPSA) is 121 Å². The lowest BCUT2D eigenvalue weighted by molar-refractivity contribution is 0.0480. The second-order valence-electron chi connectivity index (χ2n) is 5.69. The van der Waals surface area contributed by atoms with Crippen LogP contribution < -0.4 is 9.46 Å². The SMILES string of the molecule is CCOC(=O)c1c(C)oc(NS(=O)(=O)c2ccc(OCC)cc2)c1C(=O)OCC. The van der Waals surface area contributed by atoms with E-state index in [0.717, 1.165) is 0 Å². The summed E-state index contributed by atoms with van der Waals surface area (Å²) in [5.74, 6) is -1.61. The molecule has 10 heteroatoms. The molecule has 2 aromatic rings. The number of furan rings is 1. The standard InChI is InChI=1S/C19H23NO8S/c1-5-25-13-8-10-14(11-9-13)29(23,24)20-17-16(19(22)27-7-3)15(12(4)28-17)18(21)26-6-2/h8-11,20H,5-7H2,1-4H3. The smallest absolute Gasteiger partial charge is 0.344 e. The average Bonchev–Trinajstić information content (AvgIpc) is 2.98. The predicted molar refractivity (Wildman–Crippen MR) is 104 cm³/mol. The zero-order chi connectivity index (χ0) is 21.6. The molecule has 158 valence electrons. The molecule has 0 saturated carbocycles. The van der Waals surface area contributed by atoms with Crippen LogP contribution in [-0.2, 0) is 19.5 Å². The minimum absolute atomic E-state index is 0.0240. The molecule has 1 aromatic carbocycles. The van der Waals surface area contributed by atoms with Crippen molar-refractivity contribution in [3.8, 4) is 5.75 Å². The number of rotatable bonds is 9. The molecule has 0 spiro atoms. The summed E-state index contributed by atoms with van der Waals surface area (Å²) in [6.07, 6.45) is 0. The third kappa shape index (κ3) is 5.08. The normalized spacial score (nSPS) is 11.0. The molecular formula is C19H23NO8S. The number of benzene rings is 1. The third-order valence-electron chi connectivity index (χ3n) is 3.72. The summed E-state index contributed by atoms with van der Waals surface area (Å²) >= 11 is 0. The predicted octanol–water partition coefficient (Wildman–Crippen LogP) is 3.14. The molecule has 0 fully saturated rings. The highest BCUT2D eigenvalue weighted by molar-refractivity contribution is 7.92. The lowest BCUT2D eigenvalue weighted by Crippen LogP contribution is -2.18. The summed E-state index contributed by atoms with van der Waals surface area (Å²) in [4.78, 5) is 24.6. The third-order valence-corrected chi connectivity index (χ3v) is 5.06. The van der Waals surface area contributed by atoms with Gasteiger partial charge in [0.15, 0.2) is 0 Å². The Morgan fingerprint density at radius 2 is 1.48 bits per heavy atom. The minimum Gasteiger partial charge on any atom is -0.494 e. The van der Waals surface area contributed by atoms with Gasteiger partial charge in [-0.25, -0.2) is 22.7 Å². The van der Waals surface area contributed by atoms with Gasteiger partial charge in [0.2, 0.25) is 5.88 Å². The van der Waals surface area contributed by atoms with Crippen LogP contribution in [0.25, 0.3) is 0 Å². The molecule has 0 radical (unpaired) electrons. The Morgan fingerprint density at radius 1 is 0.931 bits per heavy atom. The van der Waals surface area contributed by atoms with Gasteiger partial charge in [-0.05, 0) is 52.0 Å². The Balaban J connectivity index is 2.46. The minimum atomic E-state index is -4.12. The van der Waals surface area contributed by atoms with Crippen LogP contribution in [0.5, 0.6) is 5.75 Å². The van der Waals surface area contributed by atoms with E-state index >= 15 is 0 Å². The fraction of sp³-hybridized carbons (Fsp3) is 0.368. The maximum Gasteiger partial charge on any atom is 0.344 e. The first kappa shape index (κ1) is 22.3. The van der Waals surface area contributed by atoms with Crippen molar-refractivity contribution >= 4 is 27.8 Å². The van der Waals surface area contributed by atoms with E-state index in [1.165, 1.54) is 31.2 Å². The molecule has 29 heavy (non-hydrogen) atoms. The number of nitrogens with one attached hydrogen (secondary N) is 1. The van der Waals surface area contributed by atoms with Gasteiger partial charge in [-0.15, -0.1) is 0 Å². The van der Waals surface area contributed by atoms with Gasteiger partial charge in [0.25, 0.3) is 10.0 Å². The molecule has 2 rings (SSSR count). The van der Waals surface area contributed by atoms with Crippen LogP contribution in [0.15, 0.2) is 33.6 Å². The summed E-state index contributed by atoms with van der Waals surface area (Å²) in [7, 11) is -4.12. The summed E-state index contributed by atoms with van der Waals surface area (Å²) in [6.45, 7) is 6.95. The average molecular weight is 425 g/mol. The van der Waals surface area contributed by atoms with E-state index < -0.39 is 27.8 Å². The van der Waals surface area contributed by atoms with Gasteiger partial charge in [0, 0.05) is 0 Å². The number of aryl methyl sites for hydroxylation is 1. The van der Waals surface area contributed by atoms with Gasteiger partial charge in [-0.1, -0.05) is 0 Å². The molecule has 0 saturated heterocycles. The van der Waals surface area contributed by atoms with Gasteiger partial charge >= 0.3 is 11.9 Å². The molecule has 0 amide bonds. The van der Waals surface area contributed by atoms with Crippen LogP contribution in [0, 0.1) is 6.92 Å². The van der Waals surface area contributed by atoms with Crippen molar-refractivity contribution in [2.75, 3.05) is 24.5 Å². The Bertz CT molecular complexity index is 976. The van der Waals surface area contributed by atoms with E-state index in [4.69, 9.17) is 18.6 Å². The van der Waals surface area contributed by atoms with Crippen molar-refractivity contribution in [3.05, 3.63) is 41.2 Å². The highest BCUT2D eigenvalue weighted by Crippen LogP contribution is 2.31. The largest absolute Gasteiger partial charge is 0.494 e. The van der Waals surface area contributed by atoms with Gasteiger partial charge < -0.3 is 18.6 Å². The molecule has 0 aliphatic heterocycles. The van der Waals surface area contributed by atoms with E-state index in [2.05, 4.69) is 4.72 Å². The summed E-state index contributed by atoms with van der Waals surface area (Å²) in [6, 6.07) is 5.70. The number of hydrogen-bond donors (Lipinski definition) is 1. The van der Waals surface area contributed by atoms with E-state index in [0.29, 0.717) is 12.4 Å². The van der Waals surface area contributed by atoms with Crippen molar-refractivity contribution in [1.29, 1.82) is 0 Å². The maximum absolute atomic E-state index is 12.7. The van der Waals surface area contributed by atoms with Crippen molar-refractivity contribution in [3.63, 3.8) is 0 Å². The second kappa shape index (κ2) is 9.46. The van der Waals surface area contributed by atoms with Crippen LogP contribution in [-0.4, -0.2) is 40.2 Å². The fourth-order valence-corrected chi connectivity index (χ4v) is 3.53. The van der Waals surface area contributed by atoms with Crippen LogP contribution >= 0.6 is 0 Å². The molecule has 1 heterocycles. The Labute approximate surface area is 169 Å². The molecule has 0 unspecified atom stereocenters. The van der Waals surface area contributed by atoms with E-state index in [1.807, 2.05) is 6.92 Å². The number of anilines is 1. The Morgan fingerprint density at radius 3 is 2.00 bits per heavy atom. The van der Waals surface area contributed by atoms with E-state index in [9.17, 15) is 18.0 Å². The lowest BCUT2D eigenvalue weighted by Gasteiger charge is -2.09. The maximum atomic E-state index is 12.7. The fourth-order valence-electron chi connectivity index (χ4n) is 2.53. The van der Waals surface area contributed by atoms with Crippen LogP contribution in [0.1, 0.15) is 47.2 Å². The molecule has 1 aromatic heterocycles. The van der Waals surface area contributed by atoms with E-state index in [-0.39, 0.29) is 35.0 Å². The molecule has 1 N–H and O–H groups in total. The Kier molecular flexibility index (Phi) is 7.27. The zero-order valence-corrected chi connectivity index (χ0v) is 17.4. The summed E-state index contributed by atoms with van der Waals surface area (Å²) in [5.41, 5.74) is -0.521. The van der Waals surface area contributed by atoms with Crippen LogP contribution in [0.2, 0.25) is 0 Å². The van der Waals surface area contributed by atoms with Gasteiger partial charge in [0.1, 0.15) is 22.6 Å². The molecule has 0 atom stereocenters. The summed E-state index contributed by atoms with van der Waals surface area (Å²) in [5, 5.41) is 0. The van der Waals surface area contributed by atoms with Gasteiger partial charge in [-0.3, -0.25) is 0 Å². The number of carbonyl (C=O) groups is 2. The number of carbonyl (C=O) groups excluding carboxylic acids is 2. The monoisotopic (exact) mass is 425 g/mol. The Hall–Kier alpha value is -3.01. The highest BCUT2D eigenvalue weighted by atomic mass is 32.2.